The van der Waals surface area contributed by atoms with Crippen LogP contribution in [0.4, 0.5) is 0 Å². The topological polar surface area (TPSA) is 84.0 Å². The molecule has 29 heavy (non-hydrogen) atoms. The van der Waals surface area contributed by atoms with Crippen molar-refractivity contribution in [1.29, 1.82) is 0 Å². The zero-order valence-electron chi connectivity index (χ0n) is 17.2. The molecule has 156 valence electrons. The number of benzene rings is 1. The van der Waals surface area contributed by atoms with Gasteiger partial charge in [0.25, 0.3) is 17.7 Å². The Labute approximate surface area is 171 Å². The number of hydrogen-bond acceptors (Lipinski definition) is 5. The first-order valence-corrected chi connectivity index (χ1v) is 10.3. The summed E-state index contributed by atoms with van der Waals surface area (Å²) in [6, 6.07) is 5.60. The highest BCUT2D eigenvalue weighted by Crippen LogP contribution is 2.28. The van der Waals surface area contributed by atoms with Crippen molar-refractivity contribution in [2.45, 2.75) is 58.5 Å². The van der Waals surface area contributed by atoms with Gasteiger partial charge in [-0.25, -0.2) is 4.79 Å². The van der Waals surface area contributed by atoms with Gasteiger partial charge in [-0.2, -0.15) is 0 Å². The SMILES string of the molecule is CC[C@H]1CCCCN1C(=O)COC(=O)[C@@H](C(C)C)N1C(=O)c2ccccc2C1=O. The largest absolute Gasteiger partial charge is 0.454 e. The van der Waals surface area contributed by atoms with Crippen molar-refractivity contribution < 1.29 is 23.9 Å². The molecule has 0 aromatic heterocycles. The minimum Gasteiger partial charge on any atom is -0.454 e. The Morgan fingerprint density at radius 1 is 1.10 bits per heavy atom. The first kappa shape index (κ1) is 21.0. The lowest BCUT2D eigenvalue weighted by molar-refractivity contribution is -0.157. The lowest BCUT2D eigenvalue weighted by Gasteiger charge is -2.35. The fourth-order valence-electron chi connectivity index (χ4n) is 4.19. The fourth-order valence-corrected chi connectivity index (χ4v) is 4.19. The van der Waals surface area contributed by atoms with Gasteiger partial charge >= 0.3 is 5.97 Å². The van der Waals surface area contributed by atoms with Crippen LogP contribution in [0.1, 0.15) is 67.2 Å². The molecule has 0 bridgehead atoms. The number of carbonyl (C=O) groups is 4. The predicted molar refractivity (Wildman–Crippen MR) is 106 cm³/mol. The van der Waals surface area contributed by atoms with Gasteiger partial charge in [0.1, 0.15) is 6.04 Å². The maximum atomic E-state index is 12.8. The highest BCUT2D eigenvalue weighted by atomic mass is 16.5. The van der Waals surface area contributed by atoms with Crippen molar-refractivity contribution >= 4 is 23.7 Å². The van der Waals surface area contributed by atoms with Crippen LogP contribution in [0.2, 0.25) is 0 Å². The molecule has 0 saturated carbocycles. The molecule has 0 aliphatic carbocycles. The van der Waals surface area contributed by atoms with Gasteiger partial charge in [-0.15, -0.1) is 0 Å². The Balaban J connectivity index is 1.70. The van der Waals surface area contributed by atoms with E-state index in [1.807, 2.05) is 6.92 Å². The zero-order valence-corrected chi connectivity index (χ0v) is 17.2. The summed E-state index contributed by atoms with van der Waals surface area (Å²) in [5.41, 5.74) is 0.567. The molecular weight excluding hydrogens is 372 g/mol. The van der Waals surface area contributed by atoms with Crippen LogP contribution in [0.25, 0.3) is 0 Å². The smallest absolute Gasteiger partial charge is 0.330 e. The average molecular weight is 400 g/mol. The molecule has 7 heteroatoms. The molecule has 1 saturated heterocycles. The van der Waals surface area contributed by atoms with Gasteiger partial charge in [0.05, 0.1) is 11.1 Å². The molecule has 2 aliphatic heterocycles. The number of hydrogen-bond donors (Lipinski definition) is 0. The number of piperidine rings is 1. The highest BCUT2D eigenvalue weighted by molar-refractivity contribution is 6.22. The first-order valence-electron chi connectivity index (χ1n) is 10.3. The number of carbonyl (C=O) groups excluding carboxylic acids is 4. The number of rotatable bonds is 6. The van der Waals surface area contributed by atoms with Crippen LogP contribution >= 0.6 is 0 Å². The van der Waals surface area contributed by atoms with E-state index in [0.717, 1.165) is 30.6 Å². The van der Waals surface area contributed by atoms with Gasteiger partial charge in [0.2, 0.25) is 0 Å². The molecule has 7 nitrogen and oxygen atoms in total. The van der Waals surface area contributed by atoms with E-state index in [2.05, 4.69) is 0 Å². The highest BCUT2D eigenvalue weighted by Gasteiger charge is 2.44. The average Bonchev–Trinajstić information content (AvgIpc) is 2.97. The van der Waals surface area contributed by atoms with Crippen LogP contribution in [0.15, 0.2) is 24.3 Å². The van der Waals surface area contributed by atoms with Crippen LogP contribution in [-0.4, -0.2) is 58.7 Å². The Morgan fingerprint density at radius 2 is 1.72 bits per heavy atom. The van der Waals surface area contributed by atoms with Crippen LogP contribution < -0.4 is 0 Å². The summed E-state index contributed by atoms with van der Waals surface area (Å²) in [5.74, 6) is -2.31. The van der Waals surface area contributed by atoms with Gasteiger partial charge in [-0.3, -0.25) is 19.3 Å². The van der Waals surface area contributed by atoms with Gasteiger partial charge in [0.15, 0.2) is 6.61 Å². The van der Waals surface area contributed by atoms with Crippen LogP contribution in [0, 0.1) is 5.92 Å². The van der Waals surface area contributed by atoms with Crippen LogP contribution in [-0.2, 0) is 14.3 Å². The second-order valence-electron chi connectivity index (χ2n) is 7.97. The van der Waals surface area contributed by atoms with E-state index in [1.165, 1.54) is 0 Å². The van der Waals surface area contributed by atoms with E-state index >= 15 is 0 Å². The number of nitrogens with zero attached hydrogens (tertiary/aromatic N) is 2. The molecule has 0 spiro atoms. The Hall–Kier alpha value is -2.70. The second-order valence-corrected chi connectivity index (χ2v) is 7.97. The van der Waals surface area contributed by atoms with Crippen molar-refractivity contribution in [3.63, 3.8) is 0 Å². The number of ether oxygens (including phenoxy) is 1. The standard InChI is InChI=1S/C22H28N2O5/c1-4-15-9-7-8-12-23(15)18(25)13-29-22(28)19(14(2)3)24-20(26)16-10-5-6-11-17(16)21(24)27/h5-6,10-11,14-15,19H,4,7-9,12-13H2,1-3H3/t15-,19+/m0/s1. The molecule has 2 aliphatic rings. The van der Waals surface area contributed by atoms with Gasteiger partial charge < -0.3 is 9.64 Å². The Kier molecular flexibility index (Phi) is 6.35. The molecule has 2 atom stereocenters. The summed E-state index contributed by atoms with van der Waals surface area (Å²) < 4.78 is 5.30. The van der Waals surface area contributed by atoms with Gasteiger partial charge in [0, 0.05) is 12.6 Å². The first-order chi connectivity index (χ1) is 13.9. The summed E-state index contributed by atoms with van der Waals surface area (Å²) in [7, 11) is 0. The number of imide groups is 1. The molecular formula is C22H28N2O5. The zero-order chi connectivity index (χ0) is 21.1. The lowest BCUT2D eigenvalue weighted by atomic mass is 10.00. The molecule has 0 unspecified atom stereocenters. The van der Waals surface area contributed by atoms with E-state index in [-0.39, 0.29) is 35.6 Å². The molecule has 3 rings (SSSR count). The third kappa shape index (κ3) is 4.04. The van der Waals surface area contributed by atoms with Gasteiger partial charge in [-0.1, -0.05) is 32.9 Å². The Bertz CT molecular complexity index is 784. The summed E-state index contributed by atoms with van der Waals surface area (Å²) in [6.45, 7) is 5.83. The molecule has 1 aromatic carbocycles. The van der Waals surface area contributed by atoms with Crippen molar-refractivity contribution in [2.75, 3.05) is 13.2 Å². The second kappa shape index (κ2) is 8.76. The van der Waals surface area contributed by atoms with Crippen molar-refractivity contribution in [1.82, 2.24) is 9.80 Å². The number of fused-ring (bicyclic) bond motifs is 1. The summed E-state index contributed by atoms with van der Waals surface area (Å²) in [6.07, 6.45) is 3.86. The van der Waals surface area contributed by atoms with Crippen LogP contribution in [0.3, 0.4) is 0 Å². The molecule has 3 amide bonds. The van der Waals surface area contributed by atoms with E-state index in [9.17, 15) is 19.2 Å². The monoisotopic (exact) mass is 400 g/mol. The third-order valence-corrected chi connectivity index (χ3v) is 5.73. The van der Waals surface area contributed by atoms with E-state index in [0.29, 0.717) is 6.54 Å². The summed E-state index contributed by atoms with van der Waals surface area (Å²) >= 11 is 0. The minimum absolute atomic E-state index is 0.173. The van der Waals surface area contributed by atoms with Crippen molar-refractivity contribution in [3.05, 3.63) is 35.4 Å². The Morgan fingerprint density at radius 3 is 2.28 bits per heavy atom. The van der Waals surface area contributed by atoms with Crippen LogP contribution in [0.5, 0.6) is 0 Å². The quantitative estimate of drug-likeness (QED) is 0.541. The summed E-state index contributed by atoms with van der Waals surface area (Å²) in [4.78, 5) is 53.7. The molecule has 2 heterocycles. The van der Waals surface area contributed by atoms with Gasteiger partial charge in [-0.05, 0) is 43.7 Å². The normalized spacial score (nSPS) is 20.1. The lowest BCUT2D eigenvalue weighted by Crippen LogP contribution is -2.50. The summed E-state index contributed by atoms with van der Waals surface area (Å²) in [5, 5.41) is 0. The van der Waals surface area contributed by atoms with E-state index in [1.54, 1.807) is 43.0 Å². The number of esters is 1. The maximum absolute atomic E-state index is 12.8. The number of likely N-dealkylation sites (tertiary alicyclic amines) is 1. The molecule has 0 N–H and O–H groups in total. The third-order valence-electron chi connectivity index (χ3n) is 5.73. The van der Waals surface area contributed by atoms with E-state index < -0.39 is 23.8 Å². The maximum Gasteiger partial charge on any atom is 0.330 e. The molecule has 0 radical (unpaired) electrons. The fraction of sp³-hybridized carbons (Fsp3) is 0.545. The predicted octanol–water partition coefficient (Wildman–Crippen LogP) is 2.64. The molecule has 1 fully saturated rings. The number of amides is 3. The molecule has 1 aromatic rings. The van der Waals surface area contributed by atoms with Crippen molar-refractivity contribution in [2.24, 2.45) is 5.92 Å². The van der Waals surface area contributed by atoms with E-state index in [4.69, 9.17) is 4.74 Å². The van der Waals surface area contributed by atoms with Crippen molar-refractivity contribution in [3.8, 4) is 0 Å². The minimum atomic E-state index is -1.07.